The van der Waals surface area contributed by atoms with Crippen LogP contribution in [0, 0.1) is 5.82 Å². The van der Waals surface area contributed by atoms with E-state index in [-0.39, 0.29) is 24.5 Å². The Labute approximate surface area is 220 Å². The lowest BCUT2D eigenvalue weighted by Crippen LogP contribution is -2.41. The molecule has 198 valence electrons. The average Bonchev–Trinajstić information content (AvgIpc) is 3.28. The summed E-state index contributed by atoms with van der Waals surface area (Å²) in [4.78, 5) is 41.1. The van der Waals surface area contributed by atoms with Crippen LogP contribution in [0.5, 0.6) is 0 Å². The van der Waals surface area contributed by atoms with E-state index in [0.29, 0.717) is 42.7 Å². The van der Waals surface area contributed by atoms with Crippen molar-refractivity contribution in [2.75, 3.05) is 18.0 Å². The van der Waals surface area contributed by atoms with Gasteiger partial charge in [0.1, 0.15) is 11.9 Å². The standard InChI is InChI=1S/C28H30FN5O4/c1-18(35)32-12-10-23-17-34(28(37)38-23)22-8-9-24(25(29)14-22)21-6-4-19(5-7-21)16-33-27(36)26(30)13-20-3-2-11-31-15-20/h2-9,11,14-15,23,26H,10,12-13,16-17,30H2,1H3,(H,32,35)(H,33,36)/t23-,26-/m0/s1. The monoisotopic (exact) mass is 519 g/mol. The van der Waals surface area contributed by atoms with Gasteiger partial charge in [0.25, 0.3) is 0 Å². The molecule has 9 nitrogen and oxygen atoms in total. The molecule has 0 bridgehead atoms. The van der Waals surface area contributed by atoms with Crippen molar-refractivity contribution >= 4 is 23.6 Å². The zero-order valence-corrected chi connectivity index (χ0v) is 21.0. The number of ether oxygens (including phenoxy) is 1. The third kappa shape index (κ3) is 6.92. The van der Waals surface area contributed by atoms with Crippen molar-refractivity contribution in [1.29, 1.82) is 0 Å². The molecule has 3 amide bonds. The second kappa shape index (κ2) is 12.3. The summed E-state index contributed by atoms with van der Waals surface area (Å²) < 4.78 is 20.4. The van der Waals surface area contributed by atoms with E-state index in [1.165, 1.54) is 17.9 Å². The second-order valence-electron chi connectivity index (χ2n) is 9.14. The number of pyridine rings is 1. The highest BCUT2D eigenvalue weighted by Crippen LogP contribution is 2.29. The minimum Gasteiger partial charge on any atom is -0.444 e. The fraction of sp³-hybridized carbons (Fsp3) is 0.286. The highest BCUT2D eigenvalue weighted by atomic mass is 19.1. The highest BCUT2D eigenvalue weighted by Gasteiger charge is 2.32. The van der Waals surface area contributed by atoms with Gasteiger partial charge in [-0.05, 0) is 47.4 Å². The van der Waals surface area contributed by atoms with Gasteiger partial charge in [-0.25, -0.2) is 9.18 Å². The molecule has 4 rings (SSSR count). The number of hydrogen-bond acceptors (Lipinski definition) is 6. The summed E-state index contributed by atoms with van der Waals surface area (Å²) in [5.41, 5.74) is 9.19. The summed E-state index contributed by atoms with van der Waals surface area (Å²) in [7, 11) is 0. The smallest absolute Gasteiger partial charge is 0.414 e. The molecular weight excluding hydrogens is 489 g/mol. The second-order valence-corrected chi connectivity index (χ2v) is 9.14. The number of nitrogens with zero attached hydrogens (tertiary/aromatic N) is 2. The van der Waals surface area contributed by atoms with Gasteiger partial charge in [-0.3, -0.25) is 19.5 Å². The van der Waals surface area contributed by atoms with E-state index in [2.05, 4.69) is 15.6 Å². The predicted octanol–water partition coefficient (Wildman–Crippen LogP) is 2.93. The fourth-order valence-electron chi connectivity index (χ4n) is 4.19. The van der Waals surface area contributed by atoms with E-state index >= 15 is 4.39 Å². The minimum absolute atomic E-state index is 0.150. The number of hydrogen-bond donors (Lipinski definition) is 3. The molecule has 1 aliphatic heterocycles. The van der Waals surface area contributed by atoms with Crippen molar-refractivity contribution in [2.24, 2.45) is 5.73 Å². The molecule has 1 aliphatic rings. The van der Waals surface area contributed by atoms with E-state index < -0.39 is 18.0 Å². The van der Waals surface area contributed by atoms with Crippen LogP contribution >= 0.6 is 0 Å². The maximum Gasteiger partial charge on any atom is 0.414 e. The Kier molecular flexibility index (Phi) is 8.65. The Morgan fingerprint density at radius 2 is 1.95 bits per heavy atom. The molecular formula is C28H30FN5O4. The van der Waals surface area contributed by atoms with Crippen molar-refractivity contribution in [3.8, 4) is 11.1 Å². The molecule has 0 spiro atoms. The highest BCUT2D eigenvalue weighted by molar-refractivity contribution is 5.90. The van der Waals surface area contributed by atoms with E-state index in [1.807, 2.05) is 18.2 Å². The number of cyclic esters (lactones) is 1. The van der Waals surface area contributed by atoms with Crippen LogP contribution < -0.4 is 21.3 Å². The first-order valence-corrected chi connectivity index (χ1v) is 12.3. The number of amides is 3. The van der Waals surface area contributed by atoms with Gasteiger partial charge >= 0.3 is 6.09 Å². The van der Waals surface area contributed by atoms with E-state index in [9.17, 15) is 14.4 Å². The quantitative estimate of drug-likeness (QED) is 0.378. The van der Waals surface area contributed by atoms with Crippen molar-refractivity contribution in [3.63, 3.8) is 0 Å². The molecule has 38 heavy (non-hydrogen) atoms. The van der Waals surface area contributed by atoms with Crippen LogP contribution in [0.15, 0.2) is 67.0 Å². The maximum absolute atomic E-state index is 15.0. The number of carbonyl (C=O) groups is 3. The van der Waals surface area contributed by atoms with Crippen molar-refractivity contribution in [2.45, 2.75) is 38.5 Å². The largest absolute Gasteiger partial charge is 0.444 e. The molecule has 1 saturated heterocycles. The number of benzene rings is 2. The van der Waals surface area contributed by atoms with Crippen LogP contribution in [0.2, 0.25) is 0 Å². The first-order chi connectivity index (χ1) is 18.3. The van der Waals surface area contributed by atoms with E-state index in [1.54, 1.807) is 42.7 Å². The van der Waals surface area contributed by atoms with Crippen LogP contribution in [-0.4, -0.2) is 48.1 Å². The lowest BCUT2D eigenvalue weighted by atomic mass is 10.0. The molecule has 0 aliphatic carbocycles. The van der Waals surface area contributed by atoms with Gasteiger partial charge in [-0.15, -0.1) is 0 Å². The van der Waals surface area contributed by atoms with Gasteiger partial charge in [0.05, 0.1) is 18.3 Å². The number of nitrogens with two attached hydrogens (primary N) is 1. The zero-order chi connectivity index (χ0) is 27.1. The number of anilines is 1. The summed E-state index contributed by atoms with van der Waals surface area (Å²) in [5, 5.41) is 5.50. The molecule has 2 heterocycles. The van der Waals surface area contributed by atoms with Gasteiger partial charge in [-0.2, -0.15) is 0 Å². The van der Waals surface area contributed by atoms with Gasteiger partial charge < -0.3 is 21.1 Å². The maximum atomic E-state index is 15.0. The molecule has 4 N–H and O–H groups in total. The Morgan fingerprint density at radius 3 is 2.63 bits per heavy atom. The van der Waals surface area contributed by atoms with Gasteiger partial charge in [-0.1, -0.05) is 30.3 Å². The van der Waals surface area contributed by atoms with E-state index in [4.69, 9.17) is 10.5 Å². The fourth-order valence-corrected chi connectivity index (χ4v) is 4.19. The van der Waals surface area contributed by atoms with Gasteiger partial charge in [0, 0.05) is 44.4 Å². The van der Waals surface area contributed by atoms with Crippen LogP contribution in [0.25, 0.3) is 11.1 Å². The third-order valence-corrected chi connectivity index (χ3v) is 6.23. The number of halogens is 1. The topological polar surface area (TPSA) is 127 Å². The van der Waals surface area contributed by atoms with Gasteiger partial charge in [0.15, 0.2) is 0 Å². The third-order valence-electron chi connectivity index (χ3n) is 6.23. The molecule has 10 heteroatoms. The normalized spacial score (nSPS) is 15.6. The molecule has 2 aromatic carbocycles. The van der Waals surface area contributed by atoms with Crippen LogP contribution in [-0.2, 0) is 27.3 Å². The van der Waals surface area contributed by atoms with Crippen LogP contribution in [0.4, 0.5) is 14.9 Å². The summed E-state index contributed by atoms with van der Waals surface area (Å²) in [6.07, 6.45) is 3.29. The van der Waals surface area contributed by atoms with Crippen molar-refractivity contribution < 1.29 is 23.5 Å². The number of aromatic nitrogens is 1. The van der Waals surface area contributed by atoms with Gasteiger partial charge in [0.2, 0.25) is 11.8 Å². The summed E-state index contributed by atoms with van der Waals surface area (Å²) in [5.74, 6) is -0.889. The zero-order valence-electron chi connectivity index (χ0n) is 21.0. The molecule has 0 radical (unpaired) electrons. The molecule has 2 atom stereocenters. The van der Waals surface area contributed by atoms with Crippen molar-refractivity contribution in [3.05, 3.63) is 83.9 Å². The lowest BCUT2D eigenvalue weighted by molar-refractivity contribution is -0.122. The minimum atomic E-state index is -0.688. The average molecular weight is 520 g/mol. The number of nitrogens with one attached hydrogen (secondary N) is 2. The Morgan fingerprint density at radius 1 is 1.16 bits per heavy atom. The number of rotatable bonds is 10. The molecule has 3 aromatic rings. The molecule has 1 aromatic heterocycles. The summed E-state index contributed by atoms with van der Waals surface area (Å²) in [6, 6.07) is 14.8. The SMILES string of the molecule is CC(=O)NCC[C@H]1CN(c2ccc(-c3ccc(CNC(=O)[C@@H](N)Cc4cccnc4)cc3)c(F)c2)C(=O)O1. The Hall–Kier alpha value is -4.31. The molecule has 1 fully saturated rings. The summed E-state index contributed by atoms with van der Waals surface area (Å²) in [6.45, 7) is 2.39. The predicted molar refractivity (Wildman–Crippen MR) is 141 cm³/mol. The first kappa shape index (κ1) is 26.7. The van der Waals surface area contributed by atoms with Crippen molar-refractivity contribution in [1.82, 2.24) is 15.6 Å². The lowest BCUT2D eigenvalue weighted by Gasteiger charge is -2.15. The van der Waals surface area contributed by atoms with Crippen LogP contribution in [0.1, 0.15) is 24.5 Å². The Balaban J connectivity index is 1.32. The van der Waals surface area contributed by atoms with Crippen LogP contribution in [0.3, 0.4) is 0 Å². The molecule has 0 unspecified atom stereocenters. The molecule has 0 saturated carbocycles. The Bertz CT molecular complexity index is 1290. The number of carbonyl (C=O) groups excluding carboxylic acids is 3. The first-order valence-electron chi connectivity index (χ1n) is 12.3. The van der Waals surface area contributed by atoms with E-state index in [0.717, 1.165) is 11.1 Å². The summed E-state index contributed by atoms with van der Waals surface area (Å²) >= 11 is 0.